The summed E-state index contributed by atoms with van der Waals surface area (Å²) < 4.78 is 5.30. The lowest BCUT2D eigenvalue weighted by Gasteiger charge is -2.25. The van der Waals surface area contributed by atoms with Gasteiger partial charge in [0.1, 0.15) is 0 Å². The third-order valence-electron chi connectivity index (χ3n) is 3.50. The third-order valence-corrected chi connectivity index (χ3v) is 3.50. The van der Waals surface area contributed by atoms with Gasteiger partial charge in [-0.3, -0.25) is 9.69 Å². The van der Waals surface area contributed by atoms with Crippen LogP contribution in [0.25, 0.3) is 0 Å². The number of phenolic OH excluding ortho intramolecular Hbond substituents is 1. The smallest absolute Gasteiger partial charge is 0.254 e. The van der Waals surface area contributed by atoms with Crippen molar-refractivity contribution in [3.8, 4) is 11.5 Å². The number of hydrazone groups is 1. The molecule has 1 aliphatic rings. The number of carbonyl (C=O) groups is 1. The Morgan fingerprint density at radius 1 is 1.41 bits per heavy atom. The van der Waals surface area contributed by atoms with Gasteiger partial charge >= 0.3 is 0 Å². The zero-order valence-electron chi connectivity index (χ0n) is 12.9. The van der Waals surface area contributed by atoms with Crippen molar-refractivity contribution >= 4 is 12.1 Å². The number of benzene rings is 1. The molecular formula is C16H23N3O3. The average Bonchev–Trinajstić information content (AvgIpc) is 2.51. The fourth-order valence-corrected chi connectivity index (χ4v) is 2.42. The first-order valence-electron chi connectivity index (χ1n) is 7.69. The Morgan fingerprint density at radius 2 is 2.18 bits per heavy atom. The van der Waals surface area contributed by atoms with Crippen LogP contribution in [0.2, 0.25) is 0 Å². The van der Waals surface area contributed by atoms with Crippen LogP contribution in [0.5, 0.6) is 11.5 Å². The van der Waals surface area contributed by atoms with E-state index >= 15 is 0 Å². The SMILES string of the molecule is CCOc1cc(/C=N/NC(=O)CN2CCCCC2)ccc1O. The van der Waals surface area contributed by atoms with Crippen LogP contribution in [0.4, 0.5) is 0 Å². The van der Waals surface area contributed by atoms with Gasteiger partial charge in [0.15, 0.2) is 11.5 Å². The van der Waals surface area contributed by atoms with Crippen molar-refractivity contribution in [2.24, 2.45) is 5.10 Å². The van der Waals surface area contributed by atoms with Crippen molar-refractivity contribution in [3.05, 3.63) is 23.8 Å². The number of hydrogen-bond donors (Lipinski definition) is 2. The average molecular weight is 305 g/mol. The number of ether oxygens (including phenoxy) is 1. The first-order valence-corrected chi connectivity index (χ1v) is 7.69. The highest BCUT2D eigenvalue weighted by molar-refractivity contribution is 5.83. The molecule has 0 aliphatic carbocycles. The van der Waals surface area contributed by atoms with E-state index in [2.05, 4.69) is 15.4 Å². The lowest BCUT2D eigenvalue weighted by molar-refractivity contribution is -0.122. The number of piperidine rings is 1. The standard InChI is InChI=1S/C16H23N3O3/c1-2-22-15-10-13(6-7-14(15)20)11-17-18-16(21)12-19-8-4-3-5-9-19/h6-7,10-11,20H,2-5,8-9,12H2,1H3,(H,18,21)/b17-11+. The molecule has 1 heterocycles. The molecule has 22 heavy (non-hydrogen) atoms. The number of phenols is 1. The van der Waals surface area contributed by atoms with Crippen molar-refractivity contribution in [2.75, 3.05) is 26.2 Å². The second-order valence-corrected chi connectivity index (χ2v) is 5.29. The number of nitrogens with zero attached hydrogens (tertiary/aromatic N) is 2. The monoisotopic (exact) mass is 305 g/mol. The van der Waals surface area contributed by atoms with Gasteiger partial charge in [-0.25, -0.2) is 5.43 Å². The van der Waals surface area contributed by atoms with Crippen LogP contribution in [0.1, 0.15) is 31.7 Å². The molecule has 120 valence electrons. The number of amides is 1. The first-order chi connectivity index (χ1) is 10.7. The van der Waals surface area contributed by atoms with Gasteiger partial charge in [0.05, 0.1) is 19.4 Å². The van der Waals surface area contributed by atoms with Crippen molar-refractivity contribution in [1.29, 1.82) is 0 Å². The molecule has 2 rings (SSSR count). The van der Waals surface area contributed by atoms with Crippen LogP contribution in [-0.2, 0) is 4.79 Å². The van der Waals surface area contributed by atoms with Crippen molar-refractivity contribution in [1.82, 2.24) is 10.3 Å². The van der Waals surface area contributed by atoms with E-state index in [1.165, 1.54) is 12.6 Å². The predicted octanol–water partition coefficient (Wildman–Crippen LogP) is 1.73. The van der Waals surface area contributed by atoms with E-state index in [9.17, 15) is 9.90 Å². The van der Waals surface area contributed by atoms with Gasteiger partial charge < -0.3 is 9.84 Å². The van der Waals surface area contributed by atoms with Crippen LogP contribution < -0.4 is 10.2 Å². The van der Waals surface area contributed by atoms with E-state index in [1.807, 2.05) is 6.92 Å². The lowest BCUT2D eigenvalue weighted by atomic mass is 10.1. The Morgan fingerprint density at radius 3 is 2.91 bits per heavy atom. The molecule has 1 aromatic carbocycles. The lowest BCUT2D eigenvalue weighted by Crippen LogP contribution is -2.38. The van der Waals surface area contributed by atoms with E-state index < -0.39 is 0 Å². The summed E-state index contributed by atoms with van der Waals surface area (Å²) in [6.45, 7) is 4.67. The molecule has 0 atom stereocenters. The summed E-state index contributed by atoms with van der Waals surface area (Å²) in [5, 5.41) is 13.6. The number of hydrogen-bond acceptors (Lipinski definition) is 5. The molecule has 0 spiro atoms. The van der Waals surface area contributed by atoms with Crippen LogP contribution in [0, 0.1) is 0 Å². The molecule has 0 unspecified atom stereocenters. The van der Waals surface area contributed by atoms with Gasteiger partial charge in [-0.2, -0.15) is 5.10 Å². The Bertz CT molecular complexity index is 525. The molecule has 6 heteroatoms. The molecule has 0 aromatic heterocycles. The summed E-state index contributed by atoms with van der Waals surface area (Å²) in [4.78, 5) is 13.9. The van der Waals surface area contributed by atoms with Gasteiger partial charge in [0, 0.05) is 0 Å². The van der Waals surface area contributed by atoms with Gasteiger partial charge in [-0.05, 0) is 56.6 Å². The Balaban J connectivity index is 1.83. The van der Waals surface area contributed by atoms with Crippen LogP contribution >= 0.6 is 0 Å². The topological polar surface area (TPSA) is 74.2 Å². The predicted molar refractivity (Wildman–Crippen MR) is 85.3 cm³/mol. The van der Waals surface area contributed by atoms with E-state index in [4.69, 9.17) is 4.74 Å². The maximum absolute atomic E-state index is 11.8. The number of nitrogens with one attached hydrogen (secondary N) is 1. The Labute approximate surface area is 130 Å². The molecule has 1 saturated heterocycles. The first kappa shape index (κ1) is 16.3. The minimum absolute atomic E-state index is 0.0909. The quantitative estimate of drug-likeness (QED) is 0.620. The fraction of sp³-hybridized carbons (Fsp3) is 0.500. The Kier molecular flexibility index (Phi) is 6.21. The summed E-state index contributed by atoms with van der Waals surface area (Å²) in [7, 11) is 0. The fourth-order valence-electron chi connectivity index (χ4n) is 2.42. The highest BCUT2D eigenvalue weighted by Crippen LogP contribution is 2.26. The van der Waals surface area contributed by atoms with Crippen molar-refractivity contribution in [3.63, 3.8) is 0 Å². The summed E-state index contributed by atoms with van der Waals surface area (Å²) in [5.74, 6) is 0.390. The molecule has 1 aliphatic heterocycles. The maximum Gasteiger partial charge on any atom is 0.254 e. The second-order valence-electron chi connectivity index (χ2n) is 5.29. The normalized spacial score (nSPS) is 15.9. The Hall–Kier alpha value is -2.08. The van der Waals surface area contributed by atoms with Crippen LogP contribution in [0.15, 0.2) is 23.3 Å². The summed E-state index contributed by atoms with van der Waals surface area (Å²) in [5.41, 5.74) is 3.28. The molecule has 1 aromatic rings. The minimum atomic E-state index is -0.109. The second kappa shape index (κ2) is 8.38. The van der Waals surface area contributed by atoms with Crippen LogP contribution in [0.3, 0.4) is 0 Å². The zero-order chi connectivity index (χ0) is 15.8. The van der Waals surface area contributed by atoms with Crippen LogP contribution in [-0.4, -0.2) is 48.4 Å². The van der Waals surface area contributed by atoms with Crippen molar-refractivity contribution < 1.29 is 14.6 Å². The van der Waals surface area contributed by atoms with E-state index in [-0.39, 0.29) is 11.7 Å². The highest BCUT2D eigenvalue weighted by atomic mass is 16.5. The summed E-state index contributed by atoms with van der Waals surface area (Å²) in [6, 6.07) is 4.93. The minimum Gasteiger partial charge on any atom is -0.504 e. The third kappa shape index (κ3) is 5.04. The van der Waals surface area contributed by atoms with Gasteiger partial charge in [-0.15, -0.1) is 0 Å². The summed E-state index contributed by atoms with van der Waals surface area (Å²) in [6.07, 6.45) is 5.10. The van der Waals surface area contributed by atoms with E-state index in [1.54, 1.807) is 18.2 Å². The van der Waals surface area contributed by atoms with Gasteiger partial charge in [0.25, 0.3) is 5.91 Å². The number of rotatable bonds is 6. The molecule has 0 saturated carbocycles. The molecule has 6 nitrogen and oxygen atoms in total. The maximum atomic E-state index is 11.8. The van der Waals surface area contributed by atoms with Gasteiger partial charge in [0.2, 0.25) is 0 Å². The van der Waals surface area contributed by atoms with Gasteiger partial charge in [-0.1, -0.05) is 6.42 Å². The highest BCUT2D eigenvalue weighted by Gasteiger charge is 2.13. The molecule has 1 amide bonds. The largest absolute Gasteiger partial charge is 0.504 e. The zero-order valence-corrected chi connectivity index (χ0v) is 12.9. The number of aromatic hydroxyl groups is 1. The molecule has 1 fully saturated rings. The number of likely N-dealkylation sites (tertiary alicyclic amines) is 1. The van der Waals surface area contributed by atoms with E-state index in [0.29, 0.717) is 18.9 Å². The molecular weight excluding hydrogens is 282 g/mol. The summed E-state index contributed by atoms with van der Waals surface area (Å²) >= 11 is 0. The molecule has 0 bridgehead atoms. The van der Waals surface area contributed by atoms with E-state index in [0.717, 1.165) is 31.5 Å². The van der Waals surface area contributed by atoms with Crippen molar-refractivity contribution in [2.45, 2.75) is 26.2 Å². The number of carbonyl (C=O) groups excluding carboxylic acids is 1. The molecule has 2 N–H and O–H groups in total. The molecule has 0 radical (unpaired) electrons.